The van der Waals surface area contributed by atoms with Crippen LogP contribution in [0.4, 0.5) is 4.79 Å². The molecule has 1 amide bonds. The van der Waals surface area contributed by atoms with Crippen molar-refractivity contribution in [2.45, 2.75) is 50.1 Å². The lowest BCUT2D eigenvalue weighted by Crippen LogP contribution is -2.55. The van der Waals surface area contributed by atoms with Gasteiger partial charge in [-0.1, -0.05) is 48.5 Å². The van der Waals surface area contributed by atoms with E-state index in [1.165, 1.54) is 22.3 Å². The van der Waals surface area contributed by atoms with Crippen molar-refractivity contribution >= 4 is 11.9 Å². The molecule has 2 aliphatic heterocycles. The molecule has 3 heterocycles. The van der Waals surface area contributed by atoms with Gasteiger partial charge < -0.3 is 14.4 Å². The molecule has 2 unspecified atom stereocenters. The summed E-state index contributed by atoms with van der Waals surface area (Å²) in [4.78, 5) is 32.8. The van der Waals surface area contributed by atoms with Crippen molar-refractivity contribution in [3.8, 4) is 17.0 Å². The van der Waals surface area contributed by atoms with Crippen molar-refractivity contribution in [2.75, 3.05) is 13.7 Å². The van der Waals surface area contributed by atoms with Gasteiger partial charge in [-0.15, -0.1) is 0 Å². The highest BCUT2D eigenvalue weighted by atomic mass is 16.6. The number of fused-ring (bicyclic) bond motifs is 5. The van der Waals surface area contributed by atoms with Gasteiger partial charge in [0.1, 0.15) is 6.61 Å². The highest BCUT2D eigenvalue weighted by molar-refractivity contribution is 5.98. The zero-order valence-electron chi connectivity index (χ0n) is 20.4. The molecule has 1 aromatic heterocycles. The number of Topliss-reactive ketones (excluding diaryl/α,β-unsaturated/α-hetero) is 1. The molecule has 2 fully saturated rings. The third kappa shape index (κ3) is 3.94. The Morgan fingerprint density at radius 3 is 2.22 bits per heavy atom. The van der Waals surface area contributed by atoms with Gasteiger partial charge >= 0.3 is 6.09 Å². The molecule has 0 spiro atoms. The van der Waals surface area contributed by atoms with Crippen LogP contribution in [0.25, 0.3) is 11.1 Å². The van der Waals surface area contributed by atoms with Gasteiger partial charge in [-0.05, 0) is 60.4 Å². The lowest BCUT2D eigenvalue weighted by Gasteiger charge is -2.47. The molecule has 2 aromatic carbocycles. The summed E-state index contributed by atoms with van der Waals surface area (Å²) < 4.78 is 11.2. The molecule has 0 saturated carbocycles. The summed E-state index contributed by atoms with van der Waals surface area (Å²) in [5.74, 6) is 0.490. The molecule has 3 aliphatic rings. The standard InChI is InChI=1S/C30H30N2O4/c1-35-28-17-19(13-14-31-28)29(33)20-15-21-7-6-8-22(16-20)32(21)30(34)36-18-27-25-11-4-2-9-23(25)24-10-3-5-12-26(24)27/h2-5,9-14,17,20-22,27H,6-8,15-16,18H2,1H3. The molecule has 184 valence electrons. The van der Waals surface area contributed by atoms with E-state index in [-0.39, 0.29) is 35.8 Å². The number of hydrogen-bond acceptors (Lipinski definition) is 5. The predicted molar refractivity (Wildman–Crippen MR) is 136 cm³/mol. The van der Waals surface area contributed by atoms with Gasteiger partial charge in [0.05, 0.1) is 7.11 Å². The number of piperidine rings is 2. The van der Waals surface area contributed by atoms with Gasteiger partial charge in [0.2, 0.25) is 5.88 Å². The smallest absolute Gasteiger partial charge is 0.410 e. The third-order valence-electron chi connectivity index (χ3n) is 8.12. The van der Waals surface area contributed by atoms with E-state index in [2.05, 4.69) is 41.4 Å². The van der Waals surface area contributed by atoms with Crippen LogP contribution < -0.4 is 4.74 Å². The van der Waals surface area contributed by atoms with E-state index in [0.29, 0.717) is 30.9 Å². The van der Waals surface area contributed by atoms with Crippen LogP contribution in [-0.2, 0) is 4.74 Å². The summed E-state index contributed by atoms with van der Waals surface area (Å²) in [6.45, 7) is 0.321. The number of benzene rings is 2. The maximum absolute atomic E-state index is 13.4. The quantitative estimate of drug-likeness (QED) is 0.427. The molecule has 6 rings (SSSR count). The number of hydrogen-bond donors (Lipinski definition) is 0. The Labute approximate surface area is 211 Å². The van der Waals surface area contributed by atoms with E-state index in [4.69, 9.17) is 9.47 Å². The molecule has 3 aromatic rings. The van der Waals surface area contributed by atoms with Crippen molar-refractivity contribution in [3.05, 3.63) is 83.6 Å². The van der Waals surface area contributed by atoms with E-state index in [1.54, 1.807) is 25.4 Å². The number of ether oxygens (including phenoxy) is 2. The Morgan fingerprint density at radius 1 is 0.944 bits per heavy atom. The Morgan fingerprint density at radius 2 is 1.58 bits per heavy atom. The Hall–Kier alpha value is -3.67. The van der Waals surface area contributed by atoms with Crippen LogP contribution in [0.2, 0.25) is 0 Å². The fraction of sp³-hybridized carbons (Fsp3) is 0.367. The first-order valence-electron chi connectivity index (χ1n) is 12.8. The first kappa shape index (κ1) is 22.8. The minimum atomic E-state index is -0.247. The van der Waals surface area contributed by atoms with Gasteiger partial charge in [0, 0.05) is 41.7 Å². The topological polar surface area (TPSA) is 68.7 Å². The molecule has 2 saturated heterocycles. The zero-order chi connectivity index (χ0) is 24.6. The largest absolute Gasteiger partial charge is 0.481 e. The van der Waals surface area contributed by atoms with E-state index in [0.717, 1.165) is 19.3 Å². The second-order valence-electron chi connectivity index (χ2n) is 10.1. The monoisotopic (exact) mass is 482 g/mol. The number of nitrogens with zero attached hydrogens (tertiary/aromatic N) is 2. The molecule has 6 nitrogen and oxygen atoms in total. The minimum Gasteiger partial charge on any atom is -0.481 e. The number of amides is 1. The third-order valence-corrected chi connectivity index (χ3v) is 8.12. The minimum absolute atomic E-state index is 0.0332. The van der Waals surface area contributed by atoms with Gasteiger partial charge in [-0.25, -0.2) is 9.78 Å². The molecule has 2 bridgehead atoms. The van der Waals surface area contributed by atoms with Crippen LogP contribution in [0.15, 0.2) is 66.9 Å². The van der Waals surface area contributed by atoms with Gasteiger partial charge in [0.25, 0.3) is 0 Å². The SMILES string of the molecule is COc1cc(C(=O)C2CC3CCCC(C2)N3C(=O)OCC2c3ccccc3-c3ccccc32)ccn1. The van der Waals surface area contributed by atoms with E-state index in [1.807, 2.05) is 17.0 Å². The first-order chi connectivity index (χ1) is 17.6. The molecule has 2 atom stereocenters. The number of methoxy groups -OCH3 is 1. The van der Waals surface area contributed by atoms with Crippen molar-refractivity contribution in [2.24, 2.45) is 5.92 Å². The summed E-state index contributed by atoms with van der Waals surface area (Å²) in [5.41, 5.74) is 5.49. The number of aromatic nitrogens is 1. The fourth-order valence-electron chi connectivity index (χ4n) is 6.47. The molecule has 36 heavy (non-hydrogen) atoms. The number of rotatable bonds is 5. The van der Waals surface area contributed by atoms with Crippen molar-refractivity contribution in [1.82, 2.24) is 9.88 Å². The lowest BCUT2D eigenvalue weighted by molar-refractivity contribution is 0.00650. The fourth-order valence-corrected chi connectivity index (χ4v) is 6.47. The highest BCUT2D eigenvalue weighted by Gasteiger charge is 2.44. The molecular formula is C30H30N2O4. The van der Waals surface area contributed by atoms with Crippen molar-refractivity contribution < 1.29 is 19.1 Å². The Balaban J connectivity index is 1.16. The summed E-state index contributed by atoms with van der Waals surface area (Å²) in [7, 11) is 1.55. The van der Waals surface area contributed by atoms with Crippen molar-refractivity contribution in [1.29, 1.82) is 0 Å². The van der Waals surface area contributed by atoms with E-state index >= 15 is 0 Å². The predicted octanol–water partition coefficient (Wildman–Crippen LogP) is 5.86. The maximum Gasteiger partial charge on any atom is 0.410 e. The molecular weight excluding hydrogens is 452 g/mol. The Kier molecular flexibility index (Phi) is 5.96. The maximum atomic E-state index is 13.4. The molecule has 6 heteroatoms. The average molecular weight is 483 g/mol. The van der Waals surface area contributed by atoms with Crippen LogP contribution >= 0.6 is 0 Å². The first-order valence-corrected chi connectivity index (χ1v) is 12.8. The van der Waals surface area contributed by atoms with Gasteiger partial charge in [-0.3, -0.25) is 4.79 Å². The summed E-state index contributed by atoms with van der Waals surface area (Å²) in [5, 5.41) is 0. The molecule has 1 aliphatic carbocycles. The second-order valence-corrected chi connectivity index (χ2v) is 10.1. The van der Waals surface area contributed by atoms with Crippen molar-refractivity contribution in [3.63, 3.8) is 0 Å². The van der Waals surface area contributed by atoms with Gasteiger partial charge in [-0.2, -0.15) is 0 Å². The lowest BCUT2D eigenvalue weighted by atomic mass is 9.76. The molecule has 0 radical (unpaired) electrons. The normalized spacial score (nSPS) is 22.5. The van der Waals surface area contributed by atoms with Crippen LogP contribution in [0.3, 0.4) is 0 Å². The van der Waals surface area contributed by atoms with Gasteiger partial charge in [0.15, 0.2) is 5.78 Å². The zero-order valence-corrected chi connectivity index (χ0v) is 20.4. The highest BCUT2D eigenvalue weighted by Crippen LogP contribution is 2.45. The number of carbonyl (C=O) groups excluding carboxylic acids is 2. The number of pyridine rings is 1. The summed E-state index contributed by atoms with van der Waals surface area (Å²) in [6, 6.07) is 20.3. The number of carbonyl (C=O) groups is 2. The van der Waals surface area contributed by atoms with E-state index < -0.39 is 0 Å². The summed E-state index contributed by atoms with van der Waals surface area (Å²) >= 11 is 0. The second kappa shape index (κ2) is 9.41. The molecule has 0 N–H and O–H groups in total. The summed E-state index contributed by atoms with van der Waals surface area (Å²) in [6.07, 6.45) is 5.59. The average Bonchev–Trinajstić information content (AvgIpc) is 3.24. The van der Waals surface area contributed by atoms with Crippen LogP contribution in [-0.4, -0.2) is 47.6 Å². The van der Waals surface area contributed by atoms with Crippen LogP contribution in [0, 0.1) is 5.92 Å². The van der Waals surface area contributed by atoms with Crippen LogP contribution in [0.1, 0.15) is 59.5 Å². The number of ketones is 1. The van der Waals surface area contributed by atoms with E-state index in [9.17, 15) is 9.59 Å². The Bertz CT molecular complexity index is 1250. The van der Waals surface area contributed by atoms with Crippen LogP contribution in [0.5, 0.6) is 5.88 Å².